The lowest BCUT2D eigenvalue weighted by Gasteiger charge is -2.16. The molecule has 17 heavy (non-hydrogen) atoms. The lowest BCUT2D eigenvalue weighted by Crippen LogP contribution is -2.31. The minimum atomic E-state index is -0.153. The smallest absolute Gasteiger partial charge is 0.233 e. The van der Waals surface area contributed by atoms with Crippen LogP contribution in [0.4, 0.5) is 0 Å². The highest BCUT2D eigenvalue weighted by Crippen LogP contribution is 2.18. The molecule has 0 saturated carbocycles. The van der Waals surface area contributed by atoms with Crippen LogP contribution in [0.1, 0.15) is 50.8 Å². The van der Waals surface area contributed by atoms with E-state index >= 15 is 0 Å². The number of carbonyl (C=O) groups is 1. The number of benzene rings is 1. The molecule has 0 fully saturated rings. The quantitative estimate of drug-likeness (QED) is 0.842. The average molecular weight is 298 g/mol. The van der Waals surface area contributed by atoms with Gasteiger partial charge in [-0.1, -0.05) is 54.0 Å². The van der Waals surface area contributed by atoms with E-state index in [1.807, 2.05) is 13.8 Å². The molecule has 94 valence electrons. The summed E-state index contributed by atoms with van der Waals surface area (Å²) in [6.07, 6.45) is 0. The first-order chi connectivity index (χ1) is 7.91. The highest BCUT2D eigenvalue weighted by Gasteiger charge is 2.13. The second-order valence-electron chi connectivity index (χ2n) is 4.67. The highest BCUT2D eigenvalue weighted by molar-refractivity contribution is 9.10. The molecule has 1 amide bonds. The number of rotatable bonds is 4. The second-order valence-corrected chi connectivity index (χ2v) is 6.04. The summed E-state index contributed by atoms with van der Waals surface area (Å²) in [6, 6.07) is 8.46. The summed E-state index contributed by atoms with van der Waals surface area (Å²) in [6.45, 7) is 8.17. The maximum absolute atomic E-state index is 11.5. The van der Waals surface area contributed by atoms with Gasteiger partial charge in [0.05, 0.1) is 10.9 Å². The van der Waals surface area contributed by atoms with E-state index in [0.717, 1.165) is 5.56 Å². The van der Waals surface area contributed by atoms with E-state index in [-0.39, 0.29) is 16.8 Å². The van der Waals surface area contributed by atoms with Gasteiger partial charge in [-0.2, -0.15) is 0 Å². The molecule has 0 spiro atoms. The number of nitrogens with one attached hydrogen (secondary N) is 1. The second kappa shape index (κ2) is 6.20. The zero-order chi connectivity index (χ0) is 13.0. The van der Waals surface area contributed by atoms with E-state index in [2.05, 4.69) is 59.4 Å². The predicted octanol–water partition coefficient (Wildman–Crippen LogP) is 3.77. The summed E-state index contributed by atoms with van der Waals surface area (Å²) >= 11 is 3.26. The molecule has 0 aliphatic rings. The SMILES string of the molecule is CC(Br)C(=O)NC(C)c1ccc(C(C)C)cc1. The molecular weight excluding hydrogens is 278 g/mol. The van der Waals surface area contributed by atoms with Gasteiger partial charge in [0.25, 0.3) is 0 Å². The van der Waals surface area contributed by atoms with Crippen molar-refractivity contribution in [1.82, 2.24) is 5.32 Å². The van der Waals surface area contributed by atoms with Gasteiger partial charge in [0, 0.05) is 0 Å². The van der Waals surface area contributed by atoms with Gasteiger partial charge in [-0.05, 0) is 30.9 Å². The van der Waals surface area contributed by atoms with Gasteiger partial charge in [-0.25, -0.2) is 0 Å². The predicted molar refractivity (Wildman–Crippen MR) is 75.5 cm³/mol. The van der Waals surface area contributed by atoms with Gasteiger partial charge in [-0.3, -0.25) is 4.79 Å². The van der Waals surface area contributed by atoms with Crippen molar-refractivity contribution in [2.24, 2.45) is 0 Å². The van der Waals surface area contributed by atoms with Crippen LogP contribution in [-0.4, -0.2) is 10.7 Å². The van der Waals surface area contributed by atoms with Gasteiger partial charge in [0.2, 0.25) is 5.91 Å². The fourth-order valence-corrected chi connectivity index (χ4v) is 1.71. The summed E-state index contributed by atoms with van der Waals surface area (Å²) in [5.41, 5.74) is 2.46. The Morgan fingerprint density at radius 1 is 1.06 bits per heavy atom. The third-order valence-corrected chi connectivity index (χ3v) is 3.24. The highest BCUT2D eigenvalue weighted by atomic mass is 79.9. The van der Waals surface area contributed by atoms with Crippen LogP contribution < -0.4 is 5.32 Å². The summed E-state index contributed by atoms with van der Waals surface area (Å²) in [5.74, 6) is 0.557. The van der Waals surface area contributed by atoms with Crippen LogP contribution in [0.5, 0.6) is 0 Å². The third kappa shape index (κ3) is 4.15. The summed E-state index contributed by atoms with van der Waals surface area (Å²) in [7, 11) is 0. The Morgan fingerprint density at radius 2 is 1.53 bits per heavy atom. The van der Waals surface area contributed by atoms with Gasteiger partial charge in [0.15, 0.2) is 0 Å². The molecule has 2 atom stereocenters. The molecule has 1 aromatic rings. The van der Waals surface area contributed by atoms with Crippen molar-refractivity contribution < 1.29 is 4.79 Å². The Bertz CT molecular complexity index is 370. The zero-order valence-corrected chi connectivity index (χ0v) is 12.4. The van der Waals surface area contributed by atoms with Crippen molar-refractivity contribution in [3.8, 4) is 0 Å². The molecular formula is C14H20BrNO. The standard InChI is InChI=1S/C14H20BrNO/c1-9(2)12-5-7-13(8-6-12)11(4)16-14(17)10(3)15/h5-11H,1-4H3,(H,16,17). The number of hydrogen-bond acceptors (Lipinski definition) is 1. The number of carbonyl (C=O) groups excluding carboxylic acids is 1. The van der Waals surface area contributed by atoms with Crippen LogP contribution >= 0.6 is 15.9 Å². The Balaban J connectivity index is 2.70. The van der Waals surface area contributed by atoms with Crippen LogP contribution in [-0.2, 0) is 4.79 Å². The normalized spacial score (nSPS) is 14.5. The molecule has 0 aliphatic heterocycles. The molecule has 0 radical (unpaired) electrons. The Hall–Kier alpha value is -0.830. The van der Waals surface area contributed by atoms with Crippen molar-refractivity contribution in [3.05, 3.63) is 35.4 Å². The first kappa shape index (κ1) is 14.2. The van der Waals surface area contributed by atoms with E-state index in [9.17, 15) is 4.79 Å². The van der Waals surface area contributed by atoms with E-state index < -0.39 is 0 Å². The Morgan fingerprint density at radius 3 is 1.94 bits per heavy atom. The lowest BCUT2D eigenvalue weighted by atomic mass is 9.99. The minimum absolute atomic E-state index is 0.0189. The van der Waals surface area contributed by atoms with Gasteiger partial charge in [-0.15, -0.1) is 0 Å². The number of hydrogen-bond donors (Lipinski definition) is 1. The van der Waals surface area contributed by atoms with Crippen LogP contribution in [0, 0.1) is 0 Å². The van der Waals surface area contributed by atoms with Crippen molar-refractivity contribution in [1.29, 1.82) is 0 Å². The van der Waals surface area contributed by atoms with Gasteiger partial charge in [0.1, 0.15) is 0 Å². The van der Waals surface area contributed by atoms with Gasteiger partial charge >= 0.3 is 0 Å². The molecule has 0 saturated heterocycles. The van der Waals surface area contributed by atoms with Crippen molar-refractivity contribution in [3.63, 3.8) is 0 Å². The minimum Gasteiger partial charge on any atom is -0.349 e. The number of alkyl halides is 1. The van der Waals surface area contributed by atoms with Crippen molar-refractivity contribution in [2.45, 2.75) is 44.5 Å². The van der Waals surface area contributed by atoms with Gasteiger partial charge < -0.3 is 5.32 Å². The molecule has 2 nitrogen and oxygen atoms in total. The fraction of sp³-hybridized carbons (Fsp3) is 0.500. The maximum atomic E-state index is 11.5. The fourth-order valence-electron chi connectivity index (χ4n) is 1.58. The number of amides is 1. The maximum Gasteiger partial charge on any atom is 0.233 e. The molecule has 1 rings (SSSR count). The van der Waals surface area contributed by atoms with Crippen LogP contribution in [0.2, 0.25) is 0 Å². The zero-order valence-electron chi connectivity index (χ0n) is 10.8. The van der Waals surface area contributed by atoms with Crippen LogP contribution in [0.15, 0.2) is 24.3 Å². The average Bonchev–Trinajstić information content (AvgIpc) is 2.28. The lowest BCUT2D eigenvalue weighted by molar-refractivity contribution is -0.120. The Kier molecular flexibility index (Phi) is 5.19. The first-order valence-electron chi connectivity index (χ1n) is 5.96. The molecule has 1 aromatic carbocycles. The van der Waals surface area contributed by atoms with E-state index in [1.165, 1.54) is 5.56 Å². The van der Waals surface area contributed by atoms with E-state index in [4.69, 9.17) is 0 Å². The molecule has 2 unspecified atom stereocenters. The van der Waals surface area contributed by atoms with Crippen molar-refractivity contribution >= 4 is 21.8 Å². The molecule has 0 heterocycles. The molecule has 0 aliphatic carbocycles. The molecule has 3 heteroatoms. The third-order valence-electron chi connectivity index (χ3n) is 2.82. The summed E-state index contributed by atoms with van der Waals surface area (Å²) in [4.78, 5) is 11.4. The van der Waals surface area contributed by atoms with Crippen molar-refractivity contribution in [2.75, 3.05) is 0 Å². The van der Waals surface area contributed by atoms with E-state index in [1.54, 1.807) is 0 Å². The number of halogens is 1. The first-order valence-corrected chi connectivity index (χ1v) is 6.87. The molecule has 1 N–H and O–H groups in total. The Labute approximate surface area is 112 Å². The van der Waals surface area contributed by atoms with Crippen LogP contribution in [0.25, 0.3) is 0 Å². The van der Waals surface area contributed by atoms with Crippen LogP contribution in [0.3, 0.4) is 0 Å². The summed E-state index contributed by atoms with van der Waals surface area (Å²) in [5, 5.41) is 2.96. The monoisotopic (exact) mass is 297 g/mol. The molecule has 0 aromatic heterocycles. The largest absolute Gasteiger partial charge is 0.349 e. The molecule has 0 bridgehead atoms. The van der Waals surface area contributed by atoms with E-state index in [0.29, 0.717) is 5.92 Å². The summed E-state index contributed by atoms with van der Waals surface area (Å²) < 4.78 is 0. The topological polar surface area (TPSA) is 29.1 Å².